The van der Waals surface area contributed by atoms with Crippen LogP contribution in [0.5, 0.6) is 0 Å². The van der Waals surface area contributed by atoms with E-state index in [-0.39, 0.29) is 11.8 Å². The van der Waals surface area contributed by atoms with E-state index in [0.29, 0.717) is 0 Å². The summed E-state index contributed by atoms with van der Waals surface area (Å²) >= 11 is 3.28. The number of aliphatic hydroxyl groups is 1. The van der Waals surface area contributed by atoms with Crippen LogP contribution in [0.3, 0.4) is 0 Å². The number of nitrogens with zero attached hydrogens (tertiary/aromatic N) is 7. The Balaban J connectivity index is 0.000000808. The highest BCUT2D eigenvalue weighted by molar-refractivity contribution is 8.00. The van der Waals surface area contributed by atoms with Crippen molar-refractivity contribution in [1.82, 2.24) is 24.5 Å². The van der Waals surface area contributed by atoms with Crippen LogP contribution in [0.2, 0.25) is 0 Å². The van der Waals surface area contributed by atoms with Gasteiger partial charge in [-0.3, -0.25) is 9.78 Å². The molecule has 6 heterocycles. The summed E-state index contributed by atoms with van der Waals surface area (Å²) in [5.74, 6) is 0.0898. The van der Waals surface area contributed by atoms with Crippen LogP contribution in [-0.2, 0) is 31.2 Å². The van der Waals surface area contributed by atoms with Gasteiger partial charge in [0.05, 0.1) is 24.0 Å². The third-order valence-electron chi connectivity index (χ3n) is 9.57. The van der Waals surface area contributed by atoms with Gasteiger partial charge in [0, 0.05) is 55.7 Å². The molecule has 0 amide bonds. The van der Waals surface area contributed by atoms with E-state index < -0.39 is 11.6 Å². The number of hydrogen-bond donors (Lipinski definition) is 2. The third-order valence-corrected chi connectivity index (χ3v) is 11.5. The molecule has 50 heavy (non-hydrogen) atoms. The van der Waals surface area contributed by atoms with Gasteiger partial charge in [0.25, 0.3) is 0 Å². The van der Waals surface area contributed by atoms with Gasteiger partial charge in [-0.05, 0) is 82.2 Å². The molecule has 0 bridgehead atoms. The van der Waals surface area contributed by atoms with Crippen molar-refractivity contribution in [2.45, 2.75) is 90.6 Å². The van der Waals surface area contributed by atoms with Gasteiger partial charge in [-0.1, -0.05) is 55.1 Å². The molecule has 0 unspecified atom stereocenters. The van der Waals surface area contributed by atoms with Crippen molar-refractivity contribution in [3.05, 3.63) is 52.6 Å². The molecule has 1 saturated heterocycles. The Morgan fingerprint density at radius 3 is 2.36 bits per heavy atom. The monoisotopic (exact) mass is 715 g/mol. The van der Waals surface area contributed by atoms with Gasteiger partial charge < -0.3 is 24.6 Å². The Kier molecular flexibility index (Phi) is 9.93. The van der Waals surface area contributed by atoms with Gasteiger partial charge in [-0.15, -0.1) is 0 Å². The molecule has 2 aliphatic heterocycles. The summed E-state index contributed by atoms with van der Waals surface area (Å²) < 4.78 is 3.06. The molecule has 0 saturated carbocycles. The van der Waals surface area contributed by atoms with E-state index in [2.05, 4.69) is 48.8 Å². The Morgan fingerprint density at radius 2 is 1.70 bits per heavy atom. The van der Waals surface area contributed by atoms with E-state index in [9.17, 15) is 9.90 Å². The number of anilines is 2. The second-order valence-electron chi connectivity index (χ2n) is 15.4. The van der Waals surface area contributed by atoms with Gasteiger partial charge >= 0.3 is 5.97 Å². The maximum atomic E-state index is 12.0. The molecule has 0 spiro atoms. The molecule has 1 fully saturated rings. The van der Waals surface area contributed by atoms with E-state index in [4.69, 9.17) is 25.0 Å². The minimum atomic E-state index is -0.823. The quantitative estimate of drug-likeness (QED) is 0.170. The van der Waals surface area contributed by atoms with Crippen molar-refractivity contribution in [3.8, 4) is 11.1 Å². The molecule has 7 rings (SSSR count). The number of carbonyl (C=O) groups is 1. The first-order valence-electron chi connectivity index (χ1n) is 17.2. The van der Waals surface area contributed by atoms with Crippen LogP contribution in [0.25, 0.3) is 32.5 Å². The first-order chi connectivity index (χ1) is 23.5. The predicted molar refractivity (Wildman–Crippen MR) is 206 cm³/mol. The Bertz CT molecular complexity index is 2060. The van der Waals surface area contributed by atoms with Crippen molar-refractivity contribution < 1.29 is 15.0 Å². The van der Waals surface area contributed by atoms with Crippen molar-refractivity contribution in [1.29, 1.82) is 0 Å². The van der Waals surface area contributed by atoms with Crippen LogP contribution in [0, 0.1) is 19.3 Å². The Hall–Kier alpha value is -3.74. The molecule has 1 aromatic carbocycles. The zero-order valence-electron chi connectivity index (χ0n) is 30.7. The summed E-state index contributed by atoms with van der Waals surface area (Å²) in [6.07, 6.45) is 6.90. The lowest BCUT2D eigenvalue weighted by molar-refractivity contribution is -0.136. The van der Waals surface area contributed by atoms with Crippen molar-refractivity contribution >= 4 is 62.0 Å². The minimum absolute atomic E-state index is 0.0290. The SMILES string of the molecule is CC(C)(C)O.CSc1nc2c(nc(N3CCc4cc(-c5c(C)nc(C)c(CC(=O)O)c5N5CCC(C)(C)CC5)ccc4C3)c3ncn(C)c32)s1. The largest absolute Gasteiger partial charge is 0.481 e. The van der Waals surface area contributed by atoms with E-state index >= 15 is 0 Å². The fourth-order valence-electron chi connectivity index (χ4n) is 7.00. The number of benzene rings is 1. The molecule has 4 aromatic heterocycles. The predicted octanol–water partition coefficient (Wildman–Crippen LogP) is 7.57. The van der Waals surface area contributed by atoms with Gasteiger partial charge in [0.15, 0.2) is 10.2 Å². The zero-order chi connectivity index (χ0) is 36.1. The summed E-state index contributed by atoms with van der Waals surface area (Å²) in [7, 11) is 2.02. The maximum Gasteiger partial charge on any atom is 0.307 e. The van der Waals surface area contributed by atoms with Gasteiger partial charge in [-0.2, -0.15) is 0 Å². The third kappa shape index (κ3) is 7.48. The van der Waals surface area contributed by atoms with E-state index in [1.807, 2.05) is 31.1 Å². The van der Waals surface area contributed by atoms with Gasteiger partial charge in [0.2, 0.25) is 0 Å². The number of thiazole rings is 1. The lowest BCUT2D eigenvalue weighted by atomic mass is 9.82. The minimum Gasteiger partial charge on any atom is -0.481 e. The topological polar surface area (TPSA) is 120 Å². The standard InChI is InChI=1S/C34H39N7O2S2.C4H10O/c1-19-24(16-25(42)43)29(40-13-10-34(3,4)11-14-40)26(20(2)36-19)22-7-8-23-17-41(12-9-21(23)15-22)31-27-30(39(5)18-35-27)28-32(38-31)45-33(37-28)44-6;1-4(2,3)5/h7-8,15,18H,9-14,16-17H2,1-6H3,(H,42,43);5H,1-3H3. The molecular formula is C38H49N7O3S2. The smallest absolute Gasteiger partial charge is 0.307 e. The summed E-state index contributed by atoms with van der Waals surface area (Å²) in [6, 6.07) is 6.75. The van der Waals surface area contributed by atoms with Gasteiger partial charge in [-0.25, -0.2) is 15.0 Å². The molecule has 5 aromatic rings. The number of fused-ring (bicyclic) bond motifs is 4. The molecule has 10 nitrogen and oxygen atoms in total. The average Bonchev–Trinajstić information content (AvgIpc) is 3.63. The van der Waals surface area contributed by atoms with Crippen LogP contribution in [0.1, 0.15) is 75.5 Å². The zero-order valence-corrected chi connectivity index (χ0v) is 32.3. The maximum absolute atomic E-state index is 12.0. The van der Waals surface area contributed by atoms with Crippen LogP contribution >= 0.6 is 23.1 Å². The lowest BCUT2D eigenvalue weighted by Crippen LogP contribution is -2.38. The fraction of sp³-hybridized carbons (Fsp3) is 0.500. The summed E-state index contributed by atoms with van der Waals surface area (Å²) in [5, 5.41) is 18.4. The molecule has 0 atom stereocenters. The Morgan fingerprint density at radius 1 is 1.00 bits per heavy atom. The fourth-order valence-corrected chi connectivity index (χ4v) is 8.43. The van der Waals surface area contributed by atoms with E-state index in [1.165, 1.54) is 11.1 Å². The average molecular weight is 716 g/mol. The number of piperidine rings is 1. The van der Waals surface area contributed by atoms with Gasteiger partial charge in [0.1, 0.15) is 21.4 Å². The number of hydrogen-bond acceptors (Lipinski definition) is 10. The van der Waals surface area contributed by atoms with Crippen molar-refractivity contribution in [2.75, 3.05) is 35.7 Å². The number of thioether (sulfide) groups is 1. The highest BCUT2D eigenvalue weighted by Gasteiger charge is 2.31. The highest BCUT2D eigenvalue weighted by atomic mass is 32.2. The number of carboxylic acids is 1. The highest BCUT2D eigenvalue weighted by Crippen LogP contribution is 2.43. The number of rotatable bonds is 6. The van der Waals surface area contributed by atoms with Crippen LogP contribution in [0.4, 0.5) is 11.5 Å². The molecular weight excluding hydrogens is 667 g/mol. The summed E-state index contributed by atoms with van der Waals surface area (Å²) in [4.78, 5) is 37.3. The van der Waals surface area contributed by atoms with Crippen molar-refractivity contribution in [3.63, 3.8) is 0 Å². The molecule has 266 valence electrons. The number of imidazole rings is 1. The van der Waals surface area contributed by atoms with Crippen LogP contribution in [-0.4, -0.2) is 72.2 Å². The second kappa shape index (κ2) is 13.8. The first-order valence-corrected chi connectivity index (χ1v) is 19.3. The lowest BCUT2D eigenvalue weighted by Gasteiger charge is -2.40. The molecule has 2 N–H and O–H groups in total. The number of aliphatic carboxylic acids is 1. The van der Waals surface area contributed by atoms with Crippen molar-refractivity contribution in [2.24, 2.45) is 12.5 Å². The molecule has 12 heteroatoms. The normalized spacial score (nSPS) is 16.0. The van der Waals surface area contributed by atoms with Crippen LogP contribution in [0.15, 0.2) is 28.9 Å². The van der Waals surface area contributed by atoms with E-state index in [0.717, 1.165) is 111 Å². The second-order valence-corrected chi connectivity index (χ2v) is 17.4. The molecule has 2 aliphatic rings. The van der Waals surface area contributed by atoms with Crippen LogP contribution < -0.4 is 9.80 Å². The molecule has 0 aliphatic carbocycles. The summed E-state index contributed by atoms with van der Waals surface area (Å²) in [6.45, 7) is 17.3. The Labute approximate surface area is 303 Å². The number of aryl methyl sites for hydroxylation is 3. The number of aromatic nitrogens is 5. The van der Waals surface area contributed by atoms with E-state index in [1.54, 1.807) is 43.9 Å². The first kappa shape index (κ1) is 36.1. The summed E-state index contributed by atoms with van der Waals surface area (Å²) in [5.41, 5.74) is 11.0. The number of pyridine rings is 2. The molecule has 0 radical (unpaired) electrons. The number of carboxylic acid groups (broad SMARTS) is 1.